The Balaban J connectivity index is 2.36. The lowest BCUT2D eigenvalue weighted by Crippen LogP contribution is -2.03. The van der Waals surface area contributed by atoms with Gasteiger partial charge in [0.2, 0.25) is 0 Å². The van der Waals surface area contributed by atoms with Crippen molar-refractivity contribution < 1.29 is 14.3 Å². The van der Waals surface area contributed by atoms with E-state index in [4.69, 9.17) is 4.74 Å². The predicted molar refractivity (Wildman–Crippen MR) is 58.4 cm³/mol. The van der Waals surface area contributed by atoms with E-state index in [0.29, 0.717) is 11.5 Å². The van der Waals surface area contributed by atoms with E-state index in [1.165, 1.54) is 24.6 Å². The fourth-order valence-electron chi connectivity index (χ4n) is 0.963. The smallest absolute Gasteiger partial charge is 0.349 e. The molecular formula is C9H14N2O3S. The molecule has 1 aromatic rings. The number of hydrogen-bond acceptors (Lipinski definition) is 6. The van der Waals surface area contributed by atoms with Crippen molar-refractivity contribution >= 4 is 22.4 Å². The Morgan fingerprint density at radius 1 is 1.60 bits per heavy atom. The van der Waals surface area contributed by atoms with Crippen LogP contribution in [0.25, 0.3) is 0 Å². The van der Waals surface area contributed by atoms with Gasteiger partial charge in [-0.15, -0.1) is 0 Å². The second kappa shape index (κ2) is 6.36. The lowest BCUT2D eigenvalue weighted by atomic mass is 10.4. The summed E-state index contributed by atoms with van der Waals surface area (Å²) < 4.78 is 9.49. The van der Waals surface area contributed by atoms with Crippen LogP contribution in [0.15, 0.2) is 6.20 Å². The quantitative estimate of drug-likeness (QED) is 0.591. The summed E-state index contributed by atoms with van der Waals surface area (Å²) in [5, 5.41) is 3.83. The SMILES string of the molecule is COCCCNc1ncc(C(=O)OC)s1. The van der Waals surface area contributed by atoms with Crippen LogP contribution in [-0.4, -0.2) is 38.3 Å². The summed E-state index contributed by atoms with van der Waals surface area (Å²) in [7, 11) is 3.02. The standard InChI is InChI=1S/C9H14N2O3S/c1-13-5-3-4-10-9-11-6-7(15-9)8(12)14-2/h6H,3-5H2,1-2H3,(H,10,11). The average molecular weight is 230 g/mol. The summed E-state index contributed by atoms with van der Waals surface area (Å²) in [6, 6.07) is 0. The lowest BCUT2D eigenvalue weighted by Gasteiger charge is -2.00. The molecule has 6 heteroatoms. The molecule has 1 N–H and O–H groups in total. The summed E-state index contributed by atoms with van der Waals surface area (Å²) in [6.07, 6.45) is 2.42. The molecule has 0 aliphatic carbocycles. The highest BCUT2D eigenvalue weighted by atomic mass is 32.1. The molecule has 0 spiro atoms. The molecule has 0 aliphatic heterocycles. The molecule has 0 saturated carbocycles. The first-order valence-corrected chi connectivity index (χ1v) is 5.36. The van der Waals surface area contributed by atoms with E-state index in [9.17, 15) is 4.79 Å². The van der Waals surface area contributed by atoms with Gasteiger partial charge in [0.25, 0.3) is 0 Å². The van der Waals surface area contributed by atoms with Gasteiger partial charge in [0.15, 0.2) is 5.13 Å². The van der Waals surface area contributed by atoms with Gasteiger partial charge in [-0.3, -0.25) is 0 Å². The molecule has 1 rings (SSSR count). The molecule has 0 unspecified atom stereocenters. The fraction of sp³-hybridized carbons (Fsp3) is 0.556. The first-order chi connectivity index (χ1) is 7.27. The average Bonchev–Trinajstić information content (AvgIpc) is 2.72. The van der Waals surface area contributed by atoms with Crippen molar-refractivity contribution in [1.29, 1.82) is 0 Å². The predicted octanol–water partition coefficient (Wildman–Crippen LogP) is 1.38. The number of hydrogen-bond donors (Lipinski definition) is 1. The van der Waals surface area contributed by atoms with Crippen molar-refractivity contribution in [1.82, 2.24) is 4.98 Å². The van der Waals surface area contributed by atoms with Gasteiger partial charge in [-0.05, 0) is 6.42 Å². The van der Waals surface area contributed by atoms with Crippen molar-refractivity contribution in [2.75, 3.05) is 32.7 Å². The first-order valence-electron chi connectivity index (χ1n) is 4.55. The summed E-state index contributed by atoms with van der Waals surface area (Å²) in [6.45, 7) is 1.49. The van der Waals surface area contributed by atoms with Crippen LogP contribution in [0.2, 0.25) is 0 Å². The molecule has 0 atom stereocenters. The van der Waals surface area contributed by atoms with Gasteiger partial charge in [-0.25, -0.2) is 9.78 Å². The zero-order valence-corrected chi connectivity index (χ0v) is 9.60. The van der Waals surface area contributed by atoms with E-state index in [1.807, 2.05) is 0 Å². The van der Waals surface area contributed by atoms with Crippen molar-refractivity contribution in [3.63, 3.8) is 0 Å². The summed E-state index contributed by atoms with van der Waals surface area (Å²) in [5.74, 6) is -0.350. The summed E-state index contributed by atoms with van der Waals surface area (Å²) in [5.41, 5.74) is 0. The monoisotopic (exact) mass is 230 g/mol. The third-order valence-electron chi connectivity index (χ3n) is 1.69. The number of carbonyl (C=O) groups excluding carboxylic acids is 1. The van der Waals surface area contributed by atoms with Crippen molar-refractivity contribution in [2.45, 2.75) is 6.42 Å². The number of nitrogens with zero attached hydrogens (tertiary/aromatic N) is 1. The fourth-order valence-corrected chi connectivity index (χ4v) is 1.72. The minimum absolute atomic E-state index is 0.350. The summed E-state index contributed by atoms with van der Waals surface area (Å²) in [4.78, 5) is 15.7. The molecule has 0 bridgehead atoms. The Kier molecular flexibility index (Phi) is 5.06. The molecule has 0 aromatic carbocycles. The van der Waals surface area contributed by atoms with Crippen LogP contribution in [-0.2, 0) is 9.47 Å². The van der Waals surface area contributed by atoms with E-state index in [0.717, 1.165) is 18.1 Å². The highest BCUT2D eigenvalue weighted by Crippen LogP contribution is 2.18. The number of thiazole rings is 1. The third-order valence-corrected chi connectivity index (χ3v) is 2.63. The molecule has 1 heterocycles. The van der Waals surface area contributed by atoms with E-state index in [1.54, 1.807) is 7.11 Å². The maximum atomic E-state index is 11.1. The third kappa shape index (κ3) is 3.85. The van der Waals surface area contributed by atoms with Crippen molar-refractivity contribution in [2.24, 2.45) is 0 Å². The van der Waals surface area contributed by atoms with Crippen molar-refractivity contribution in [3.8, 4) is 0 Å². The van der Waals surface area contributed by atoms with E-state index >= 15 is 0 Å². The Morgan fingerprint density at radius 3 is 3.07 bits per heavy atom. The molecule has 1 aromatic heterocycles. The lowest BCUT2D eigenvalue weighted by molar-refractivity contribution is 0.0606. The zero-order chi connectivity index (χ0) is 11.1. The van der Waals surface area contributed by atoms with Crippen LogP contribution in [0.5, 0.6) is 0 Å². The molecule has 0 saturated heterocycles. The Morgan fingerprint density at radius 2 is 2.40 bits per heavy atom. The minimum atomic E-state index is -0.350. The van der Waals surface area contributed by atoms with E-state index in [-0.39, 0.29) is 5.97 Å². The minimum Gasteiger partial charge on any atom is -0.465 e. The number of ether oxygens (including phenoxy) is 2. The van der Waals surface area contributed by atoms with Crippen LogP contribution in [0.4, 0.5) is 5.13 Å². The molecule has 0 aliphatic rings. The van der Waals surface area contributed by atoms with Gasteiger partial charge >= 0.3 is 5.97 Å². The van der Waals surface area contributed by atoms with Gasteiger partial charge in [-0.1, -0.05) is 11.3 Å². The second-order valence-electron chi connectivity index (χ2n) is 2.79. The van der Waals surface area contributed by atoms with Gasteiger partial charge < -0.3 is 14.8 Å². The Labute approximate surface area is 92.4 Å². The number of rotatable bonds is 6. The number of nitrogens with one attached hydrogen (secondary N) is 1. The molecule has 5 nitrogen and oxygen atoms in total. The molecule has 15 heavy (non-hydrogen) atoms. The summed E-state index contributed by atoms with van der Waals surface area (Å²) >= 11 is 1.29. The second-order valence-corrected chi connectivity index (χ2v) is 3.83. The van der Waals surface area contributed by atoms with Gasteiger partial charge in [-0.2, -0.15) is 0 Å². The topological polar surface area (TPSA) is 60.5 Å². The molecular weight excluding hydrogens is 216 g/mol. The van der Waals surface area contributed by atoms with Gasteiger partial charge in [0.05, 0.1) is 13.3 Å². The van der Waals surface area contributed by atoms with Crippen LogP contribution < -0.4 is 5.32 Å². The number of aromatic nitrogens is 1. The maximum Gasteiger partial charge on any atom is 0.349 e. The van der Waals surface area contributed by atoms with E-state index in [2.05, 4.69) is 15.0 Å². The highest BCUT2D eigenvalue weighted by Gasteiger charge is 2.09. The molecule has 0 amide bonds. The Hall–Kier alpha value is -1.14. The van der Waals surface area contributed by atoms with Crippen molar-refractivity contribution in [3.05, 3.63) is 11.1 Å². The number of carbonyl (C=O) groups is 1. The highest BCUT2D eigenvalue weighted by molar-refractivity contribution is 7.17. The number of anilines is 1. The van der Waals surface area contributed by atoms with Crippen LogP contribution in [0.1, 0.15) is 16.1 Å². The Bertz CT molecular complexity index is 314. The first kappa shape index (κ1) is 11.9. The molecule has 0 radical (unpaired) electrons. The number of esters is 1. The molecule has 84 valence electrons. The maximum absolute atomic E-state index is 11.1. The van der Waals surface area contributed by atoms with Gasteiger partial charge in [0.1, 0.15) is 4.88 Å². The normalized spacial score (nSPS) is 10.0. The largest absolute Gasteiger partial charge is 0.465 e. The zero-order valence-electron chi connectivity index (χ0n) is 8.78. The van der Waals surface area contributed by atoms with Crippen LogP contribution in [0.3, 0.4) is 0 Å². The number of methoxy groups -OCH3 is 2. The van der Waals surface area contributed by atoms with Crippen LogP contribution in [0, 0.1) is 0 Å². The molecule has 0 fully saturated rings. The van der Waals surface area contributed by atoms with Gasteiger partial charge in [0, 0.05) is 20.3 Å². The van der Waals surface area contributed by atoms with Crippen LogP contribution >= 0.6 is 11.3 Å². The van der Waals surface area contributed by atoms with E-state index < -0.39 is 0 Å².